The molecule has 0 fully saturated rings. The van der Waals surface area contributed by atoms with Gasteiger partial charge in [-0.15, -0.1) is 0 Å². The monoisotopic (exact) mass is 259 g/mol. The third-order valence-corrected chi connectivity index (χ3v) is 2.64. The highest BCUT2D eigenvalue weighted by Crippen LogP contribution is 2.23. The second-order valence-electron chi connectivity index (χ2n) is 4.06. The fraction of sp³-hybridized carbons (Fsp3) is 0.267. The fourth-order valence-electron chi connectivity index (χ4n) is 1.76. The van der Waals surface area contributed by atoms with Crippen LogP contribution in [0.25, 0.3) is 0 Å². The van der Waals surface area contributed by atoms with Gasteiger partial charge in [-0.3, -0.25) is 4.79 Å². The summed E-state index contributed by atoms with van der Waals surface area (Å²) in [5.74, 6) is 1.45. The molecule has 0 bridgehead atoms. The van der Waals surface area contributed by atoms with E-state index >= 15 is 0 Å². The van der Waals surface area contributed by atoms with Gasteiger partial charge >= 0.3 is 0 Å². The lowest BCUT2D eigenvalue weighted by Crippen LogP contribution is -2.13. The predicted octanol–water partition coefficient (Wildman–Crippen LogP) is 3.25. The normalized spacial score (nSPS) is 10.2. The lowest BCUT2D eigenvalue weighted by molar-refractivity contribution is -0.116. The Labute approximate surface area is 112 Å². The molecular formula is C15H17NO3. The van der Waals surface area contributed by atoms with Crippen LogP contribution in [0.3, 0.4) is 0 Å². The summed E-state index contributed by atoms with van der Waals surface area (Å²) in [5, 5.41) is 2.85. The molecule has 4 heteroatoms. The maximum Gasteiger partial charge on any atom is 0.224 e. The molecule has 1 N–H and O–H groups in total. The van der Waals surface area contributed by atoms with E-state index in [9.17, 15) is 4.79 Å². The summed E-state index contributed by atoms with van der Waals surface area (Å²) in [6.07, 6.45) is 2.58. The Morgan fingerprint density at radius 3 is 2.84 bits per heavy atom. The Balaban J connectivity index is 1.91. The van der Waals surface area contributed by atoms with Crippen LogP contribution in [-0.2, 0) is 11.2 Å². The Morgan fingerprint density at radius 2 is 2.11 bits per heavy atom. The molecule has 0 aliphatic carbocycles. The fourth-order valence-corrected chi connectivity index (χ4v) is 1.76. The summed E-state index contributed by atoms with van der Waals surface area (Å²) < 4.78 is 10.6. The van der Waals surface area contributed by atoms with Crippen molar-refractivity contribution >= 4 is 11.6 Å². The van der Waals surface area contributed by atoms with E-state index in [-0.39, 0.29) is 5.91 Å². The number of benzene rings is 1. The Morgan fingerprint density at radius 1 is 1.26 bits per heavy atom. The minimum atomic E-state index is -0.0523. The average Bonchev–Trinajstić information content (AvgIpc) is 2.92. The van der Waals surface area contributed by atoms with Crippen molar-refractivity contribution in [3.8, 4) is 5.75 Å². The molecule has 1 aromatic heterocycles. The SMILES string of the molecule is CCOc1ccccc1NC(=O)CCc1ccco1. The van der Waals surface area contributed by atoms with E-state index in [0.717, 1.165) is 5.76 Å². The first-order valence-corrected chi connectivity index (χ1v) is 6.33. The zero-order valence-electron chi connectivity index (χ0n) is 10.9. The molecule has 0 saturated carbocycles. The van der Waals surface area contributed by atoms with Gasteiger partial charge in [-0.05, 0) is 31.2 Å². The van der Waals surface area contributed by atoms with Gasteiger partial charge in [0.2, 0.25) is 5.91 Å². The molecule has 0 aliphatic heterocycles. The molecular weight excluding hydrogens is 242 g/mol. The number of furan rings is 1. The van der Waals surface area contributed by atoms with Crippen molar-refractivity contribution in [3.05, 3.63) is 48.4 Å². The number of amides is 1. The Hall–Kier alpha value is -2.23. The number of rotatable bonds is 6. The summed E-state index contributed by atoms with van der Waals surface area (Å²) in [4.78, 5) is 11.9. The summed E-state index contributed by atoms with van der Waals surface area (Å²) >= 11 is 0. The van der Waals surface area contributed by atoms with E-state index in [0.29, 0.717) is 30.9 Å². The standard InChI is InChI=1S/C15H17NO3/c1-2-18-14-8-4-3-7-13(14)16-15(17)10-9-12-6-5-11-19-12/h3-8,11H,2,9-10H2,1H3,(H,16,17). The molecule has 0 aliphatic rings. The maximum atomic E-state index is 11.9. The highest BCUT2D eigenvalue weighted by atomic mass is 16.5. The number of hydrogen-bond acceptors (Lipinski definition) is 3. The van der Waals surface area contributed by atoms with Gasteiger partial charge in [-0.1, -0.05) is 12.1 Å². The first-order valence-electron chi connectivity index (χ1n) is 6.33. The summed E-state index contributed by atoms with van der Waals surface area (Å²) in [6.45, 7) is 2.48. The lowest BCUT2D eigenvalue weighted by Gasteiger charge is -2.10. The smallest absolute Gasteiger partial charge is 0.224 e. The number of nitrogens with one attached hydrogen (secondary N) is 1. The maximum absolute atomic E-state index is 11.9. The Kier molecular flexibility index (Phi) is 4.61. The molecule has 0 saturated heterocycles. The number of para-hydroxylation sites is 2. The molecule has 0 radical (unpaired) electrons. The minimum Gasteiger partial charge on any atom is -0.492 e. The van der Waals surface area contributed by atoms with Gasteiger partial charge < -0.3 is 14.5 Å². The van der Waals surface area contributed by atoms with Crippen LogP contribution in [0, 0.1) is 0 Å². The first kappa shape index (κ1) is 13.2. The molecule has 19 heavy (non-hydrogen) atoms. The highest BCUT2D eigenvalue weighted by Gasteiger charge is 2.08. The van der Waals surface area contributed by atoms with Crippen molar-refractivity contribution in [3.63, 3.8) is 0 Å². The van der Waals surface area contributed by atoms with Crippen molar-refractivity contribution in [1.82, 2.24) is 0 Å². The molecule has 2 rings (SSSR count). The molecule has 0 atom stereocenters. The molecule has 4 nitrogen and oxygen atoms in total. The summed E-state index contributed by atoms with van der Waals surface area (Å²) in [6, 6.07) is 11.1. The quantitative estimate of drug-likeness (QED) is 0.866. The van der Waals surface area contributed by atoms with Gasteiger partial charge in [-0.2, -0.15) is 0 Å². The molecule has 1 heterocycles. The van der Waals surface area contributed by atoms with Gasteiger partial charge in [0.05, 0.1) is 18.6 Å². The van der Waals surface area contributed by atoms with E-state index in [4.69, 9.17) is 9.15 Å². The molecule has 100 valence electrons. The topological polar surface area (TPSA) is 51.5 Å². The zero-order chi connectivity index (χ0) is 13.5. The van der Waals surface area contributed by atoms with Crippen LogP contribution in [-0.4, -0.2) is 12.5 Å². The van der Waals surface area contributed by atoms with E-state index < -0.39 is 0 Å². The van der Waals surface area contributed by atoms with Gasteiger partial charge in [-0.25, -0.2) is 0 Å². The van der Waals surface area contributed by atoms with Crippen molar-refractivity contribution < 1.29 is 13.9 Å². The third-order valence-electron chi connectivity index (χ3n) is 2.64. The third kappa shape index (κ3) is 3.88. The Bertz CT molecular complexity index is 520. The van der Waals surface area contributed by atoms with Crippen molar-refractivity contribution in [2.24, 2.45) is 0 Å². The van der Waals surface area contributed by atoms with Crippen LogP contribution < -0.4 is 10.1 Å². The second-order valence-corrected chi connectivity index (χ2v) is 4.06. The number of anilines is 1. The lowest BCUT2D eigenvalue weighted by atomic mass is 10.2. The number of hydrogen-bond donors (Lipinski definition) is 1. The van der Waals surface area contributed by atoms with Crippen LogP contribution in [0.15, 0.2) is 47.1 Å². The van der Waals surface area contributed by atoms with Crippen molar-refractivity contribution in [2.75, 3.05) is 11.9 Å². The summed E-state index contributed by atoms with van der Waals surface area (Å²) in [5.41, 5.74) is 0.703. The highest BCUT2D eigenvalue weighted by molar-refractivity contribution is 5.92. The van der Waals surface area contributed by atoms with Gasteiger partial charge in [0, 0.05) is 12.8 Å². The van der Waals surface area contributed by atoms with Crippen LogP contribution in [0.4, 0.5) is 5.69 Å². The van der Waals surface area contributed by atoms with E-state index in [2.05, 4.69) is 5.32 Å². The molecule has 1 amide bonds. The molecule has 1 aromatic carbocycles. The van der Waals surface area contributed by atoms with E-state index in [1.165, 1.54) is 0 Å². The average molecular weight is 259 g/mol. The van der Waals surface area contributed by atoms with Crippen LogP contribution in [0.2, 0.25) is 0 Å². The number of ether oxygens (including phenoxy) is 1. The number of aryl methyl sites for hydroxylation is 1. The number of carbonyl (C=O) groups is 1. The van der Waals surface area contributed by atoms with Crippen molar-refractivity contribution in [2.45, 2.75) is 19.8 Å². The van der Waals surface area contributed by atoms with Crippen LogP contribution in [0.1, 0.15) is 19.1 Å². The van der Waals surface area contributed by atoms with Gasteiger partial charge in [0.15, 0.2) is 0 Å². The molecule has 0 spiro atoms. The van der Waals surface area contributed by atoms with Crippen LogP contribution in [0.5, 0.6) is 5.75 Å². The van der Waals surface area contributed by atoms with Gasteiger partial charge in [0.25, 0.3) is 0 Å². The molecule has 0 unspecified atom stereocenters. The summed E-state index contributed by atoms with van der Waals surface area (Å²) in [7, 11) is 0. The predicted molar refractivity (Wildman–Crippen MR) is 73.3 cm³/mol. The minimum absolute atomic E-state index is 0.0523. The first-order chi connectivity index (χ1) is 9.29. The van der Waals surface area contributed by atoms with Gasteiger partial charge in [0.1, 0.15) is 11.5 Å². The van der Waals surface area contributed by atoms with E-state index in [1.807, 2.05) is 43.3 Å². The van der Waals surface area contributed by atoms with Crippen molar-refractivity contribution in [1.29, 1.82) is 0 Å². The van der Waals surface area contributed by atoms with Crippen LogP contribution >= 0.6 is 0 Å². The molecule has 2 aromatic rings. The number of carbonyl (C=O) groups excluding carboxylic acids is 1. The second kappa shape index (κ2) is 6.64. The largest absolute Gasteiger partial charge is 0.492 e. The zero-order valence-corrected chi connectivity index (χ0v) is 10.9. The van der Waals surface area contributed by atoms with E-state index in [1.54, 1.807) is 6.26 Å².